The molecule has 1 atom stereocenters. The van der Waals surface area contributed by atoms with E-state index in [-0.39, 0.29) is 12.5 Å². The van der Waals surface area contributed by atoms with Crippen LogP contribution < -0.4 is 0 Å². The second kappa shape index (κ2) is 11.1. The first-order valence-electron chi connectivity index (χ1n) is 10.3. The van der Waals surface area contributed by atoms with Crippen LogP contribution in [0.2, 0.25) is 0 Å². The van der Waals surface area contributed by atoms with E-state index >= 15 is 0 Å². The molecule has 1 aliphatic carbocycles. The summed E-state index contributed by atoms with van der Waals surface area (Å²) in [7, 11) is 0. The molecule has 0 unspecified atom stereocenters. The summed E-state index contributed by atoms with van der Waals surface area (Å²) in [6, 6.07) is 9.21. The number of nitrogens with zero attached hydrogens (tertiary/aromatic N) is 1. The number of rotatable bonds is 8. The lowest BCUT2D eigenvalue weighted by atomic mass is 9.73. The maximum absolute atomic E-state index is 12.9. The Morgan fingerprint density at radius 1 is 1.19 bits per heavy atom. The summed E-state index contributed by atoms with van der Waals surface area (Å²) >= 11 is 0. The first kappa shape index (κ1) is 21.5. The largest absolute Gasteiger partial charge is 0.450 e. The van der Waals surface area contributed by atoms with Crippen LogP contribution in [0.5, 0.6) is 0 Å². The minimum atomic E-state index is -1.58. The van der Waals surface area contributed by atoms with Crippen molar-refractivity contribution in [1.29, 1.82) is 0 Å². The van der Waals surface area contributed by atoms with Gasteiger partial charge in [-0.25, -0.2) is 4.79 Å². The highest BCUT2D eigenvalue weighted by atomic mass is 16.5. The Morgan fingerprint density at radius 3 is 2.52 bits per heavy atom. The number of hydrogen-bond donors (Lipinski definition) is 1. The maximum atomic E-state index is 12.9. The van der Waals surface area contributed by atoms with Crippen molar-refractivity contribution in [1.82, 2.24) is 4.90 Å². The molecule has 4 nitrogen and oxygen atoms in total. The summed E-state index contributed by atoms with van der Waals surface area (Å²) in [5.41, 5.74) is -0.962. The van der Waals surface area contributed by atoms with E-state index in [2.05, 4.69) is 30.6 Å². The van der Waals surface area contributed by atoms with Gasteiger partial charge in [0.2, 0.25) is 0 Å². The van der Waals surface area contributed by atoms with Crippen LogP contribution in [-0.4, -0.2) is 42.2 Å². The quantitative estimate of drug-likeness (QED) is 0.559. The summed E-state index contributed by atoms with van der Waals surface area (Å²) in [5.74, 6) is 5.31. The Morgan fingerprint density at radius 2 is 1.89 bits per heavy atom. The third-order valence-corrected chi connectivity index (χ3v) is 5.41. The normalized spacial score (nSPS) is 17.0. The molecule has 0 aliphatic heterocycles. The van der Waals surface area contributed by atoms with Crippen LogP contribution >= 0.6 is 0 Å². The molecule has 1 aromatic carbocycles. The monoisotopic (exact) mass is 371 g/mol. The molecule has 1 fully saturated rings. The first-order valence-corrected chi connectivity index (χ1v) is 10.3. The van der Waals surface area contributed by atoms with Crippen molar-refractivity contribution in [2.45, 2.75) is 58.0 Å². The van der Waals surface area contributed by atoms with Gasteiger partial charge in [0.25, 0.3) is 0 Å². The molecular weight excluding hydrogens is 338 g/mol. The average Bonchev–Trinajstić information content (AvgIpc) is 2.73. The number of ether oxygens (including phenoxy) is 1. The summed E-state index contributed by atoms with van der Waals surface area (Å²) in [4.78, 5) is 15.1. The van der Waals surface area contributed by atoms with Crippen molar-refractivity contribution in [2.24, 2.45) is 5.92 Å². The molecule has 0 spiro atoms. The molecule has 4 heteroatoms. The zero-order valence-electron chi connectivity index (χ0n) is 16.7. The zero-order valence-corrected chi connectivity index (χ0v) is 16.7. The van der Waals surface area contributed by atoms with Gasteiger partial charge in [0.15, 0.2) is 12.2 Å². The molecule has 0 heterocycles. The van der Waals surface area contributed by atoms with Crippen LogP contribution in [0.15, 0.2) is 30.3 Å². The van der Waals surface area contributed by atoms with Gasteiger partial charge in [-0.15, -0.1) is 0 Å². The molecule has 0 saturated heterocycles. The van der Waals surface area contributed by atoms with Crippen LogP contribution in [0.3, 0.4) is 0 Å². The van der Waals surface area contributed by atoms with E-state index in [1.807, 2.05) is 30.3 Å². The standard InChI is InChI=1S/C23H33NO3/c1-3-17-24(4-2)18-11-12-19-27-22(25)23(26,20-13-7-5-8-14-20)21-15-9-6-10-16-21/h5,7-8,13-14,21,26H,3-4,6,9-10,15-19H2,1-2H3/t23-/m1/s1. The molecule has 0 radical (unpaired) electrons. The van der Waals surface area contributed by atoms with Gasteiger partial charge in [-0.3, -0.25) is 4.90 Å². The molecule has 2 rings (SSSR count). The van der Waals surface area contributed by atoms with E-state index in [4.69, 9.17) is 4.74 Å². The van der Waals surface area contributed by atoms with Gasteiger partial charge in [-0.2, -0.15) is 0 Å². The highest BCUT2D eigenvalue weighted by Crippen LogP contribution is 2.40. The van der Waals surface area contributed by atoms with E-state index in [0.29, 0.717) is 12.1 Å². The SMILES string of the molecule is CCCN(CC)CC#CCOC(=O)[C@@](O)(c1ccccc1)C1CCCCC1. The van der Waals surface area contributed by atoms with E-state index in [0.717, 1.165) is 51.6 Å². The predicted molar refractivity (Wildman–Crippen MR) is 108 cm³/mol. The fourth-order valence-corrected chi connectivity index (χ4v) is 3.83. The van der Waals surface area contributed by atoms with Gasteiger partial charge in [-0.05, 0) is 37.9 Å². The summed E-state index contributed by atoms with van der Waals surface area (Å²) in [5, 5.41) is 11.4. The van der Waals surface area contributed by atoms with E-state index in [9.17, 15) is 9.90 Å². The van der Waals surface area contributed by atoms with E-state index in [1.165, 1.54) is 0 Å². The van der Waals surface area contributed by atoms with Crippen LogP contribution in [0.4, 0.5) is 0 Å². The molecule has 1 N–H and O–H groups in total. The summed E-state index contributed by atoms with van der Waals surface area (Å²) in [6.07, 6.45) is 6.02. The molecule has 1 aliphatic rings. The van der Waals surface area contributed by atoms with Gasteiger partial charge in [0, 0.05) is 5.92 Å². The van der Waals surface area contributed by atoms with Crippen LogP contribution in [0.25, 0.3) is 0 Å². The first-order chi connectivity index (χ1) is 13.1. The molecular formula is C23H33NO3. The fourth-order valence-electron chi connectivity index (χ4n) is 3.83. The average molecular weight is 372 g/mol. The predicted octanol–water partition coefficient (Wildman–Crippen LogP) is 3.73. The molecule has 0 bridgehead atoms. The van der Waals surface area contributed by atoms with Crippen molar-refractivity contribution in [3.05, 3.63) is 35.9 Å². The smallest absolute Gasteiger partial charge is 0.344 e. The highest BCUT2D eigenvalue weighted by molar-refractivity contribution is 5.81. The molecule has 1 aromatic rings. The highest BCUT2D eigenvalue weighted by Gasteiger charge is 2.46. The minimum Gasteiger partial charge on any atom is -0.450 e. The summed E-state index contributed by atoms with van der Waals surface area (Å²) in [6.45, 7) is 6.92. The lowest BCUT2D eigenvalue weighted by molar-refractivity contribution is -0.174. The van der Waals surface area contributed by atoms with Gasteiger partial charge < -0.3 is 9.84 Å². The number of aliphatic hydroxyl groups is 1. The number of benzene rings is 1. The third-order valence-electron chi connectivity index (χ3n) is 5.41. The van der Waals surface area contributed by atoms with Crippen molar-refractivity contribution in [3.63, 3.8) is 0 Å². The zero-order chi connectivity index (χ0) is 19.5. The summed E-state index contributed by atoms with van der Waals surface area (Å²) < 4.78 is 5.41. The molecule has 148 valence electrons. The Balaban J connectivity index is 2.02. The number of carbonyl (C=O) groups is 1. The topological polar surface area (TPSA) is 49.8 Å². The van der Waals surface area contributed by atoms with Crippen molar-refractivity contribution >= 4 is 5.97 Å². The molecule has 27 heavy (non-hydrogen) atoms. The lowest BCUT2D eigenvalue weighted by Gasteiger charge is -2.36. The van der Waals surface area contributed by atoms with Crippen LogP contribution in [0.1, 0.15) is 57.9 Å². The number of hydrogen-bond acceptors (Lipinski definition) is 4. The molecule has 1 saturated carbocycles. The molecule has 0 aromatic heterocycles. The van der Waals surface area contributed by atoms with Gasteiger partial charge in [0.05, 0.1) is 6.54 Å². The Labute approximate surface area is 163 Å². The van der Waals surface area contributed by atoms with Crippen molar-refractivity contribution < 1.29 is 14.6 Å². The van der Waals surface area contributed by atoms with Crippen molar-refractivity contribution in [3.8, 4) is 11.8 Å². The Bertz CT molecular complexity index is 628. The van der Waals surface area contributed by atoms with Crippen LogP contribution in [-0.2, 0) is 15.1 Å². The number of carbonyl (C=O) groups excluding carboxylic acids is 1. The minimum absolute atomic E-state index is 0.0182. The van der Waals surface area contributed by atoms with Gasteiger partial charge in [-0.1, -0.05) is 75.3 Å². The van der Waals surface area contributed by atoms with Gasteiger partial charge in [0.1, 0.15) is 0 Å². The second-order valence-corrected chi connectivity index (χ2v) is 7.27. The van der Waals surface area contributed by atoms with Gasteiger partial charge >= 0.3 is 5.97 Å². The second-order valence-electron chi connectivity index (χ2n) is 7.27. The number of esters is 1. The Kier molecular flexibility index (Phi) is 8.84. The maximum Gasteiger partial charge on any atom is 0.344 e. The lowest BCUT2D eigenvalue weighted by Crippen LogP contribution is -2.45. The third kappa shape index (κ3) is 5.82. The van der Waals surface area contributed by atoms with Crippen molar-refractivity contribution in [2.75, 3.05) is 26.2 Å². The molecule has 0 amide bonds. The fraction of sp³-hybridized carbons (Fsp3) is 0.609. The van der Waals surface area contributed by atoms with E-state index < -0.39 is 11.6 Å². The Hall–Kier alpha value is -1.83. The van der Waals surface area contributed by atoms with Crippen LogP contribution in [0, 0.1) is 17.8 Å². The van der Waals surface area contributed by atoms with E-state index in [1.54, 1.807) is 0 Å².